The van der Waals surface area contributed by atoms with Crippen LogP contribution in [0.4, 0.5) is 11.4 Å². The highest BCUT2D eigenvalue weighted by molar-refractivity contribution is 8.01. The molecule has 0 saturated heterocycles. The van der Waals surface area contributed by atoms with E-state index >= 15 is 0 Å². The summed E-state index contributed by atoms with van der Waals surface area (Å²) >= 11 is 2.52. The zero-order valence-electron chi connectivity index (χ0n) is 14.2. The Morgan fingerprint density at radius 2 is 2.19 bits per heavy atom. The number of nitrogens with one attached hydrogen (secondary N) is 1. The summed E-state index contributed by atoms with van der Waals surface area (Å²) in [5.41, 5.74) is 1.34. The average Bonchev–Trinajstić information content (AvgIpc) is 3.02. The van der Waals surface area contributed by atoms with Crippen LogP contribution in [0.5, 0.6) is 0 Å². The fourth-order valence-corrected chi connectivity index (χ4v) is 3.65. The Morgan fingerprint density at radius 1 is 1.42 bits per heavy atom. The number of aryl methyl sites for hydroxylation is 1. The molecule has 1 heterocycles. The van der Waals surface area contributed by atoms with Crippen molar-refractivity contribution in [2.45, 2.75) is 24.6 Å². The standard InChI is InChI=1S/C16H17N3O5S2/c1-3-24-15(21)7-11-8-25-16(17-11)26-9-14(20)18-12-5-4-10(2)6-13(12)19(22)23/h4-6,8H,3,7,9H2,1-2H3,(H,18,20). The van der Waals surface area contributed by atoms with Crippen LogP contribution in [0.3, 0.4) is 0 Å². The minimum Gasteiger partial charge on any atom is -0.466 e. The molecule has 1 aromatic heterocycles. The van der Waals surface area contributed by atoms with Crippen molar-refractivity contribution in [2.75, 3.05) is 17.7 Å². The fraction of sp³-hybridized carbons (Fsp3) is 0.312. The molecule has 1 N–H and O–H groups in total. The molecule has 0 aliphatic heterocycles. The second kappa shape index (κ2) is 9.30. The van der Waals surface area contributed by atoms with Crippen LogP contribution < -0.4 is 5.32 Å². The van der Waals surface area contributed by atoms with Gasteiger partial charge in [0.15, 0.2) is 4.34 Å². The van der Waals surface area contributed by atoms with Gasteiger partial charge in [-0.1, -0.05) is 17.8 Å². The third kappa shape index (κ3) is 5.81. The number of nitro groups is 1. The number of nitro benzene ring substituents is 1. The van der Waals surface area contributed by atoms with E-state index in [4.69, 9.17) is 4.74 Å². The maximum Gasteiger partial charge on any atom is 0.311 e. The number of anilines is 1. The average molecular weight is 395 g/mol. The van der Waals surface area contributed by atoms with Crippen molar-refractivity contribution in [3.05, 3.63) is 45.0 Å². The normalized spacial score (nSPS) is 10.4. The van der Waals surface area contributed by atoms with Gasteiger partial charge in [-0.15, -0.1) is 11.3 Å². The summed E-state index contributed by atoms with van der Waals surface area (Å²) < 4.78 is 5.50. The summed E-state index contributed by atoms with van der Waals surface area (Å²) in [6, 6.07) is 4.61. The Kier molecular flexibility index (Phi) is 7.10. The molecule has 0 spiro atoms. The maximum absolute atomic E-state index is 12.1. The summed E-state index contributed by atoms with van der Waals surface area (Å²) in [4.78, 5) is 38.3. The zero-order chi connectivity index (χ0) is 19.1. The van der Waals surface area contributed by atoms with Crippen LogP contribution >= 0.6 is 23.1 Å². The van der Waals surface area contributed by atoms with Crippen molar-refractivity contribution in [1.82, 2.24) is 4.98 Å². The lowest BCUT2D eigenvalue weighted by atomic mass is 10.2. The summed E-state index contributed by atoms with van der Waals surface area (Å²) in [5.74, 6) is -0.667. The summed E-state index contributed by atoms with van der Waals surface area (Å²) in [6.07, 6.45) is 0.0899. The van der Waals surface area contributed by atoms with Gasteiger partial charge in [0.25, 0.3) is 5.69 Å². The van der Waals surface area contributed by atoms with E-state index in [0.29, 0.717) is 16.6 Å². The SMILES string of the molecule is CCOC(=O)Cc1csc(SCC(=O)Nc2ccc(C)cc2[N+](=O)[O-])n1. The molecular weight excluding hydrogens is 378 g/mol. The first-order valence-electron chi connectivity index (χ1n) is 7.66. The number of hydrogen-bond donors (Lipinski definition) is 1. The summed E-state index contributed by atoms with van der Waals surface area (Å²) in [6.45, 7) is 3.79. The number of aromatic nitrogens is 1. The number of rotatable bonds is 8. The van der Waals surface area contributed by atoms with Crippen LogP contribution in [0.1, 0.15) is 18.2 Å². The van der Waals surface area contributed by atoms with Crippen molar-refractivity contribution in [3.8, 4) is 0 Å². The van der Waals surface area contributed by atoms with Crippen molar-refractivity contribution >= 4 is 46.3 Å². The maximum atomic E-state index is 12.1. The zero-order valence-corrected chi connectivity index (χ0v) is 15.8. The Balaban J connectivity index is 1.91. The van der Waals surface area contributed by atoms with E-state index in [1.165, 1.54) is 35.2 Å². The number of esters is 1. The van der Waals surface area contributed by atoms with E-state index < -0.39 is 4.92 Å². The third-order valence-corrected chi connectivity index (χ3v) is 5.18. The van der Waals surface area contributed by atoms with Crippen molar-refractivity contribution in [2.24, 2.45) is 0 Å². The second-order valence-corrected chi connectivity index (χ2v) is 7.28. The van der Waals surface area contributed by atoms with Crippen molar-refractivity contribution in [1.29, 1.82) is 0 Å². The van der Waals surface area contributed by atoms with Gasteiger partial charge in [-0.2, -0.15) is 0 Å². The molecule has 8 nitrogen and oxygen atoms in total. The lowest BCUT2D eigenvalue weighted by Crippen LogP contribution is -2.15. The van der Waals surface area contributed by atoms with Crippen molar-refractivity contribution in [3.63, 3.8) is 0 Å². The Morgan fingerprint density at radius 3 is 2.88 bits per heavy atom. The van der Waals surface area contributed by atoms with Crippen molar-refractivity contribution < 1.29 is 19.2 Å². The first kappa shape index (κ1) is 19.9. The topological polar surface area (TPSA) is 111 Å². The van der Waals surface area contributed by atoms with Gasteiger partial charge >= 0.3 is 5.97 Å². The number of ether oxygens (including phenoxy) is 1. The van der Waals surface area contributed by atoms with E-state index in [-0.39, 0.29) is 35.4 Å². The quantitative estimate of drug-likeness (QED) is 0.316. The van der Waals surface area contributed by atoms with Gasteiger partial charge < -0.3 is 10.1 Å². The van der Waals surface area contributed by atoms with Gasteiger partial charge in [-0.3, -0.25) is 19.7 Å². The van der Waals surface area contributed by atoms with E-state index in [9.17, 15) is 19.7 Å². The molecule has 1 aromatic carbocycles. The molecule has 0 saturated carbocycles. The van der Waals surface area contributed by atoms with Crippen LogP contribution in [-0.4, -0.2) is 34.1 Å². The van der Waals surface area contributed by atoms with Crippen LogP contribution in [0.15, 0.2) is 27.9 Å². The third-order valence-electron chi connectivity index (χ3n) is 3.11. The van der Waals surface area contributed by atoms with Crippen LogP contribution in [-0.2, 0) is 20.7 Å². The molecule has 138 valence electrons. The molecule has 10 heteroatoms. The van der Waals surface area contributed by atoms with Crippen LogP contribution in [0.2, 0.25) is 0 Å². The number of benzene rings is 1. The minimum atomic E-state index is -0.530. The number of thiazole rings is 1. The van der Waals surface area contributed by atoms with E-state index in [1.807, 2.05) is 0 Å². The largest absolute Gasteiger partial charge is 0.466 e. The van der Waals surface area contributed by atoms with Crippen LogP contribution in [0, 0.1) is 17.0 Å². The highest BCUT2D eigenvalue weighted by Crippen LogP contribution is 2.27. The molecular formula is C16H17N3O5S2. The van der Waals surface area contributed by atoms with Crippen LogP contribution in [0.25, 0.3) is 0 Å². The Labute approximate surface area is 158 Å². The first-order chi connectivity index (χ1) is 12.4. The number of carbonyl (C=O) groups excluding carboxylic acids is 2. The molecule has 0 aliphatic rings. The van der Waals surface area contributed by atoms with Gasteiger partial charge in [0.05, 0.1) is 29.4 Å². The first-order valence-corrected chi connectivity index (χ1v) is 9.53. The number of hydrogen-bond acceptors (Lipinski definition) is 8. The van der Waals surface area contributed by atoms with E-state index in [2.05, 4.69) is 10.3 Å². The van der Waals surface area contributed by atoms with Gasteiger partial charge in [0.2, 0.25) is 5.91 Å². The monoisotopic (exact) mass is 395 g/mol. The van der Waals surface area contributed by atoms with Gasteiger partial charge in [0.1, 0.15) is 5.69 Å². The van der Waals surface area contributed by atoms with Gasteiger partial charge in [-0.25, -0.2) is 4.98 Å². The second-order valence-electron chi connectivity index (χ2n) is 5.20. The van der Waals surface area contributed by atoms with Gasteiger partial charge in [-0.05, 0) is 25.5 Å². The highest BCUT2D eigenvalue weighted by Gasteiger charge is 2.16. The number of carbonyl (C=O) groups is 2. The highest BCUT2D eigenvalue weighted by atomic mass is 32.2. The Bertz CT molecular complexity index is 822. The molecule has 2 aromatic rings. The summed E-state index contributed by atoms with van der Waals surface area (Å²) in [7, 11) is 0. The molecule has 26 heavy (non-hydrogen) atoms. The smallest absolute Gasteiger partial charge is 0.311 e. The lowest BCUT2D eigenvalue weighted by molar-refractivity contribution is -0.384. The van der Waals surface area contributed by atoms with E-state index in [1.54, 1.807) is 25.3 Å². The predicted octanol–water partition coefficient (Wildman–Crippen LogP) is 3.20. The lowest BCUT2D eigenvalue weighted by Gasteiger charge is -2.06. The molecule has 0 radical (unpaired) electrons. The molecule has 0 atom stereocenters. The molecule has 0 unspecified atom stereocenters. The molecule has 2 rings (SSSR count). The number of thioether (sulfide) groups is 1. The van der Waals surface area contributed by atoms with E-state index in [0.717, 1.165) is 5.56 Å². The fourth-order valence-electron chi connectivity index (χ4n) is 2.01. The summed E-state index contributed by atoms with van der Waals surface area (Å²) in [5, 5.41) is 15.4. The number of nitrogens with zero attached hydrogens (tertiary/aromatic N) is 2. The molecule has 1 amide bonds. The molecule has 0 aliphatic carbocycles. The van der Waals surface area contributed by atoms with Gasteiger partial charge in [0, 0.05) is 11.4 Å². The molecule has 0 fully saturated rings. The predicted molar refractivity (Wildman–Crippen MR) is 99.6 cm³/mol. The molecule has 0 bridgehead atoms. The number of amides is 1. The minimum absolute atomic E-state index is 0.0530. The Hall–Kier alpha value is -2.46.